The summed E-state index contributed by atoms with van der Waals surface area (Å²) in [5.74, 6) is 0.0707. The van der Waals surface area contributed by atoms with Crippen LogP contribution in [0.2, 0.25) is 0 Å². The van der Waals surface area contributed by atoms with E-state index in [1.165, 1.54) is 10.9 Å². The van der Waals surface area contributed by atoms with Gasteiger partial charge in [-0.15, -0.1) is 0 Å². The van der Waals surface area contributed by atoms with Crippen LogP contribution in [-0.4, -0.2) is 10.8 Å². The van der Waals surface area contributed by atoms with Gasteiger partial charge in [0, 0.05) is 28.2 Å². The highest BCUT2D eigenvalue weighted by Gasteiger charge is 2.17. The van der Waals surface area contributed by atoms with Gasteiger partial charge in [-0.25, -0.2) is 0 Å². The van der Waals surface area contributed by atoms with Crippen molar-refractivity contribution < 1.29 is 4.79 Å². The number of ketones is 1. The summed E-state index contributed by atoms with van der Waals surface area (Å²) in [6.45, 7) is 2.14. The van der Waals surface area contributed by atoms with Gasteiger partial charge in [0.25, 0.3) is 0 Å². The molecular weight excluding hydrogens is 282 g/mol. The Hall–Kier alpha value is -2.87. The predicted octanol–water partition coefficient (Wildman–Crippen LogP) is 5.11. The van der Waals surface area contributed by atoms with E-state index in [4.69, 9.17) is 0 Å². The first-order chi connectivity index (χ1) is 11.3. The number of hydrogen-bond donors (Lipinski definition) is 1. The molecule has 1 heterocycles. The number of aromatic nitrogens is 1. The summed E-state index contributed by atoms with van der Waals surface area (Å²) in [4.78, 5) is 16.3. The second kappa shape index (κ2) is 5.40. The molecule has 0 radical (unpaired) electrons. The summed E-state index contributed by atoms with van der Waals surface area (Å²) < 4.78 is 0. The van der Waals surface area contributed by atoms with Crippen molar-refractivity contribution in [3.05, 3.63) is 83.6 Å². The van der Waals surface area contributed by atoms with E-state index in [2.05, 4.69) is 24.0 Å². The van der Waals surface area contributed by atoms with Crippen LogP contribution in [0.4, 0.5) is 0 Å². The van der Waals surface area contributed by atoms with Crippen LogP contribution in [0, 0.1) is 0 Å². The summed E-state index contributed by atoms with van der Waals surface area (Å²) in [7, 11) is 0. The number of hydrogen-bond acceptors (Lipinski definition) is 1. The third-order valence-electron chi connectivity index (χ3n) is 4.47. The molecular formula is C21H17NO. The second-order valence-electron chi connectivity index (χ2n) is 5.75. The number of rotatable bonds is 3. The average molecular weight is 299 g/mol. The molecule has 4 aromatic rings. The second-order valence-corrected chi connectivity index (χ2v) is 5.75. The van der Waals surface area contributed by atoms with E-state index in [1.807, 2.05) is 54.7 Å². The SMILES string of the molecule is CCc1ccc(C(=O)c2c[nH]c3ccccc23)c2ccccc12. The predicted molar refractivity (Wildman–Crippen MR) is 95.1 cm³/mol. The van der Waals surface area contributed by atoms with Crippen molar-refractivity contribution in [2.24, 2.45) is 0 Å². The maximum absolute atomic E-state index is 13.1. The summed E-state index contributed by atoms with van der Waals surface area (Å²) in [6, 6.07) is 20.1. The highest BCUT2D eigenvalue weighted by molar-refractivity contribution is 6.21. The minimum atomic E-state index is 0.0707. The number of aryl methyl sites for hydroxylation is 1. The maximum atomic E-state index is 13.1. The molecule has 0 fully saturated rings. The number of H-pyrrole nitrogens is 1. The number of benzene rings is 3. The summed E-state index contributed by atoms with van der Waals surface area (Å²) >= 11 is 0. The molecule has 0 bridgehead atoms. The zero-order valence-electron chi connectivity index (χ0n) is 13.0. The molecule has 2 nitrogen and oxygen atoms in total. The van der Waals surface area contributed by atoms with Gasteiger partial charge in [-0.05, 0) is 28.8 Å². The lowest BCUT2D eigenvalue weighted by molar-refractivity contribution is 0.104. The molecule has 1 aromatic heterocycles. The number of fused-ring (bicyclic) bond motifs is 2. The van der Waals surface area contributed by atoms with Gasteiger partial charge in [0.1, 0.15) is 0 Å². The molecule has 0 aliphatic rings. The number of carbonyl (C=O) groups is 1. The van der Waals surface area contributed by atoms with Crippen LogP contribution in [0.1, 0.15) is 28.4 Å². The lowest BCUT2D eigenvalue weighted by atomic mass is 9.93. The molecule has 2 heteroatoms. The van der Waals surface area contributed by atoms with Crippen LogP contribution in [0.15, 0.2) is 66.9 Å². The molecule has 112 valence electrons. The monoisotopic (exact) mass is 299 g/mol. The van der Waals surface area contributed by atoms with Gasteiger partial charge in [0.05, 0.1) is 0 Å². The fraction of sp³-hybridized carbons (Fsp3) is 0.0952. The van der Waals surface area contributed by atoms with E-state index in [0.717, 1.165) is 33.8 Å². The summed E-state index contributed by atoms with van der Waals surface area (Å²) in [5, 5.41) is 3.17. The van der Waals surface area contributed by atoms with Crippen molar-refractivity contribution in [3.8, 4) is 0 Å². The van der Waals surface area contributed by atoms with Crippen molar-refractivity contribution in [3.63, 3.8) is 0 Å². The van der Waals surface area contributed by atoms with Gasteiger partial charge < -0.3 is 4.98 Å². The Labute approximate surface area is 134 Å². The number of nitrogens with one attached hydrogen (secondary N) is 1. The molecule has 0 atom stereocenters. The fourth-order valence-electron chi connectivity index (χ4n) is 3.27. The van der Waals surface area contributed by atoms with Crippen LogP contribution < -0.4 is 0 Å². The number of para-hydroxylation sites is 1. The highest BCUT2D eigenvalue weighted by atomic mass is 16.1. The average Bonchev–Trinajstić information content (AvgIpc) is 3.04. The van der Waals surface area contributed by atoms with Crippen molar-refractivity contribution in [1.29, 1.82) is 0 Å². The van der Waals surface area contributed by atoms with E-state index >= 15 is 0 Å². The summed E-state index contributed by atoms with van der Waals surface area (Å²) in [5.41, 5.74) is 3.76. The maximum Gasteiger partial charge on any atom is 0.195 e. The molecule has 0 aliphatic heterocycles. The van der Waals surface area contributed by atoms with Crippen molar-refractivity contribution in [2.45, 2.75) is 13.3 Å². The van der Waals surface area contributed by atoms with E-state index in [-0.39, 0.29) is 5.78 Å². The molecule has 4 rings (SSSR count). The first-order valence-electron chi connectivity index (χ1n) is 7.91. The van der Waals surface area contributed by atoms with Crippen molar-refractivity contribution in [1.82, 2.24) is 4.98 Å². The third kappa shape index (κ3) is 2.15. The van der Waals surface area contributed by atoms with Crippen LogP contribution in [0.25, 0.3) is 21.7 Å². The standard InChI is InChI=1S/C21H17NO/c1-2-14-11-12-18(16-8-4-3-7-15(14)16)21(23)19-13-22-20-10-6-5-9-17(19)20/h3-13,22H,2H2,1H3. The molecule has 0 unspecified atom stereocenters. The Morgan fingerprint density at radius 3 is 2.30 bits per heavy atom. The minimum absolute atomic E-state index is 0.0707. The quantitative estimate of drug-likeness (QED) is 0.524. The number of aromatic amines is 1. The fourth-order valence-corrected chi connectivity index (χ4v) is 3.27. The van der Waals surface area contributed by atoms with E-state index in [0.29, 0.717) is 0 Å². The molecule has 23 heavy (non-hydrogen) atoms. The third-order valence-corrected chi connectivity index (χ3v) is 4.47. The van der Waals surface area contributed by atoms with Gasteiger partial charge in [-0.2, -0.15) is 0 Å². The number of carbonyl (C=O) groups excluding carboxylic acids is 1. The Morgan fingerprint density at radius 2 is 1.52 bits per heavy atom. The lowest BCUT2D eigenvalue weighted by Crippen LogP contribution is -2.02. The molecule has 0 aliphatic carbocycles. The first kappa shape index (κ1) is 13.8. The highest BCUT2D eigenvalue weighted by Crippen LogP contribution is 2.27. The Kier molecular flexibility index (Phi) is 3.23. The van der Waals surface area contributed by atoms with Gasteiger partial charge in [0.2, 0.25) is 0 Å². The first-order valence-corrected chi connectivity index (χ1v) is 7.91. The van der Waals surface area contributed by atoms with E-state index in [9.17, 15) is 4.79 Å². The van der Waals surface area contributed by atoms with Crippen LogP contribution >= 0.6 is 0 Å². The Balaban J connectivity index is 1.94. The van der Waals surface area contributed by atoms with Crippen molar-refractivity contribution >= 4 is 27.5 Å². The van der Waals surface area contributed by atoms with Gasteiger partial charge >= 0.3 is 0 Å². The molecule has 0 spiro atoms. The van der Waals surface area contributed by atoms with E-state index < -0.39 is 0 Å². The topological polar surface area (TPSA) is 32.9 Å². The largest absolute Gasteiger partial charge is 0.360 e. The minimum Gasteiger partial charge on any atom is -0.360 e. The van der Waals surface area contributed by atoms with Crippen molar-refractivity contribution in [2.75, 3.05) is 0 Å². The zero-order valence-corrected chi connectivity index (χ0v) is 13.0. The summed E-state index contributed by atoms with van der Waals surface area (Å²) in [6.07, 6.45) is 2.78. The van der Waals surface area contributed by atoms with Crippen LogP contribution in [0.3, 0.4) is 0 Å². The normalized spacial score (nSPS) is 11.2. The zero-order chi connectivity index (χ0) is 15.8. The van der Waals surface area contributed by atoms with Gasteiger partial charge in [-0.3, -0.25) is 4.79 Å². The molecule has 0 amide bonds. The molecule has 3 aromatic carbocycles. The van der Waals surface area contributed by atoms with Gasteiger partial charge in [0.15, 0.2) is 5.78 Å². The lowest BCUT2D eigenvalue weighted by Gasteiger charge is -2.09. The molecule has 0 saturated heterocycles. The van der Waals surface area contributed by atoms with E-state index in [1.54, 1.807) is 0 Å². The smallest absolute Gasteiger partial charge is 0.195 e. The molecule has 0 saturated carbocycles. The van der Waals surface area contributed by atoms with Crippen LogP contribution in [0.5, 0.6) is 0 Å². The Bertz CT molecular complexity index is 1030. The van der Waals surface area contributed by atoms with Crippen LogP contribution in [-0.2, 0) is 6.42 Å². The van der Waals surface area contributed by atoms with Gasteiger partial charge in [-0.1, -0.05) is 61.5 Å². The molecule has 1 N–H and O–H groups in total. The Morgan fingerprint density at radius 1 is 0.826 bits per heavy atom.